The van der Waals surface area contributed by atoms with Crippen LogP contribution in [0.5, 0.6) is 0 Å². The Morgan fingerprint density at radius 3 is 2.31 bits per heavy atom. The summed E-state index contributed by atoms with van der Waals surface area (Å²) in [5.74, 6) is -2.00. The molecular weight excluding hydrogens is 535 g/mol. The van der Waals surface area contributed by atoms with Crippen LogP contribution < -0.4 is 15.9 Å². The molecule has 0 radical (unpaired) electrons. The summed E-state index contributed by atoms with van der Waals surface area (Å²) in [5, 5.41) is 5.38. The molecular formula is C27H23F4N4O3P. The third kappa shape index (κ3) is 7.20. The summed E-state index contributed by atoms with van der Waals surface area (Å²) in [5.41, 5.74) is 0.371. The molecule has 4 rings (SSSR count). The van der Waals surface area contributed by atoms with Gasteiger partial charge in [-0.15, -0.1) is 0 Å². The number of carbonyl (C=O) groups is 1. The maximum Gasteiger partial charge on any atom is 0.421 e. The van der Waals surface area contributed by atoms with Crippen LogP contribution in [0.25, 0.3) is 0 Å². The molecule has 2 N–H and O–H groups in total. The van der Waals surface area contributed by atoms with Crippen LogP contribution in [0.1, 0.15) is 21.5 Å². The molecule has 0 bridgehead atoms. The molecule has 0 spiro atoms. The van der Waals surface area contributed by atoms with Gasteiger partial charge >= 0.3 is 12.1 Å². The zero-order valence-electron chi connectivity index (χ0n) is 20.8. The first-order chi connectivity index (χ1) is 18.4. The van der Waals surface area contributed by atoms with Crippen molar-refractivity contribution < 1.29 is 31.7 Å². The van der Waals surface area contributed by atoms with Gasteiger partial charge in [-0.3, -0.25) is 0 Å². The lowest BCUT2D eigenvalue weighted by Crippen LogP contribution is -2.16. The minimum atomic E-state index is -4.80. The number of anilines is 4. The first-order valence-electron chi connectivity index (χ1n) is 11.5. The van der Waals surface area contributed by atoms with Crippen molar-refractivity contribution in [2.24, 2.45) is 0 Å². The maximum absolute atomic E-state index is 13.8. The third-order valence-electron chi connectivity index (χ3n) is 5.48. The third-order valence-corrected chi connectivity index (χ3v) is 7.01. The van der Waals surface area contributed by atoms with Gasteiger partial charge in [-0.1, -0.05) is 30.3 Å². The van der Waals surface area contributed by atoms with Crippen LogP contribution in [-0.4, -0.2) is 29.3 Å². The highest BCUT2D eigenvalue weighted by atomic mass is 31.2. The molecule has 0 aliphatic heterocycles. The standard InChI is InChI=1S/C27H23F4N4O3P/c1-39(2,37)23-14-19(28)10-13-22(23)34-24-21(27(29,30)31)15-32-26(35-24)33-20-11-8-18(9-12-20)25(36)38-16-17-6-4-3-5-7-17/h3-15H,16H2,1-2H3,(H2,32,33,34,35). The van der Waals surface area contributed by atoms with E-state index < -0.39 is 36.5 Å². The van der Waals surface area contributed by atoms with E-state index in [2.05, 4.69) is 20.6 Å². The van der Waals surface area contributed by atoms with E-state index in [1.54, 1.807) is 0 Å². The van der Waals surface area contributed by atoms with Gasteiger partial charge in [-0.05, 0) is 61.4 Å². The van der Waals surface area contributed by atoms with Gasteiger partial charge in [0.05, 0.1) is 11.3 Å². The van der Waals surface area contributed by atoms with E-state index >= 15 is 0 Å². The fraction of sp³-hybridized carbons (Fsp3) is 0.148. The Morgan fingerprint density at radius 1 is 0.974 bits per heavy atom. The van der Waals surface area contributed by atoms with Gasteiger partial charge in [0.15, 0.2) is 0 Å². The Hall–Kier alpha value is -4.24. The van der Waals surface area contributed by atoms with E-state index in [1.165, 1.54) is 43.7 Å². The average Bonchev–Trinajstić information content (AvgIpc) is 2.88. The van der Waals surface area contributed by atoms with E-state index in [-0.39, 0.29) is 29.1 Å². The first kappa shape index (κ1) is 27.8. The van der Waals surface area contributed by atoms with Gasteiger partial charge < -0.3 is 19.9 Å². The number of alkyl halides is 3. The Kier molecular flexibility index (Phi) is 8.01. The quantitative estimate of drug-likeness (QED) is 0.141. The molecule has 4 aromatic rings. The molecule has 0 amide bonds. The van der Waals surface area contributed by atoms with E-state index in [9.17, 15) is 26.9 Å². The molecule has 12 heteroatoms. The lowest BCUT2D eigenvalue weighted by atomic mass is 10.2. The second kappa shape index (κ2) is 11.2. The summed E-state index contributed by atoms with van der Waals surface area (Å²) in [6.07, 6.45) is -4.20. The van der Waals surface area contributed by atoms with Crippen molar-refractivity contribution in [3.63, 3.8) is 0 Å². The van der Waals surface area contributed by atoms with Crippen molar-refractivity contribution in [2.45, 2.75) is 12.8 Å². The summed E-state index contributed by atoms with van der Waals surface area (Å²) in [7, 11) is -3.06. The van der Waals surface area contributed by atoms with Gasteiger partial charge in [0, 0.05) is 17.2 Å². The number of hydrogen-bond acceptors (Lipinski definition) is 7. The average molecular weight is 558 g/mol. The first-order valence-corrected chi connectivity index (χ1v) is 14.1. The number of nitrogens with one attached hydrogen (secondary N) is 2. The van der Waals surface area contributed by atoms with Crippen LogP contribution in [0.3, 0.4) is 0 Å². The molecule has 0 atom stereocenters. The summed E-state index contributed by atoms with van der Waals surface area (Å²) >= 11 is 0. The molecule has 0 saturated carbocycles. The van der Waals surface area contributed by atoms with Crippen LogP contribution >= 0.6 is 7.14 Å². The fourth-order valence-corrected chi connectivity index (χ4v) is 4.70. The molecule has 0 saturated heterocycles. The van der Waals surface area contributed by atoms with Gasteiger partial charge in [0.2, 0.25) is 5.95 Å². The number of hydrogen-bond donors (Lipinski definition) is 2. The summed E-state index contributed by atoms with van der Waals surface area (Å²) < 4.78 is 72.8. The van der Waals surface area contributed by atoms with Crippen molar-refractivity contribution in [1.82, 2.24) is 9.97 Å². The molecule has 1 aromatic heterocycles. The number of halogens is 4. The monoisotopic (exact) mass is 558 g/mol. The number of carbonyl (C=O) groups excluding carboxylic acids is 1. The molecule has 0 unspecified atom stereocenters. The topological polar surface area (TPSA) is 93.2 Å². The van der Waals surface area contributed by atoms with Crippen LogP contribution in [0.15, 0.2) is 79.0 Å². The molecule has 39 heavy (non-hydrogen) atoms. The van der Waals surface area contributed by atoms with Crippen molar-refractivity contribution in [1.29, 1.82) is 0 Å². The minimum Gasteiger partial charge on any atom is -0.457 e. The predicted molar refractivity (Wildman–Crippen MR) is 141 cm³/mol. The van der Waals surface area contributed by atoms with Crippen molar-refractivity contribution >= 4 is 41.6 Å². The van der Waals surface area contributed by atoms with Gasteiger partial charge in [0.1, 0.15) is 30.9 Å². The van der Waals surface area contributed by atoms with Crippen LogP contribution in [0.2, 0.25) is 0 Å². The number of esters is 1. The Morgan fingerprint density at radius 2 is 1.67 bits per heavy atom. The van der Waals surface area contributed by atoms with Crippen LogP contribution in [-0.2, 0) is 22.1 Å². The largest absolute Gasteiger partial charge is 0.457 e. The lowest BCUT2D eigenvalue weighted by molar-refractivity contribution is -0.137. The van der Waals surface area contributed by atoms with Crippen molar-refractivity contribution in [3.8, 4) is 0 Å². The van der Waals surface area contributed by atoms with E-state index in [4.69, 9.17) is 4.74 Å². The highest BCUT2D eigenvalue weighted by molar-refractivity contribution is 7.70. The van der Waals surface area contributed by atoms with E-state index in [1.807, 2.05) is 30.3 Å². The zero-order chi connectivity index (χ0) is 28.2. The van der Waals surface area contributed by atoms with E-state index in [0.29, 0.717) is 11.9 Å². The van der Waals surface area contributed by atoms with Crippen LogP contribution in [0, 0.1) is 5.82 Å². The number of nitrogens with zero attached hydrogens (tertiary/aromatic N) is 2. The molecule has 3 aromatic carbocycles. The number of aromatic nitrogens is 2. The van der Waals surface area contributed by atoms with E-state index in [0.717, 1.165) is 17.7 Å². The molecule has 1 heterocycles. The van der Waals surface area contributed by atoms with Crippen molar-refractivity contribution in [3.05, 3.63) is 102 Å². The Labute approximate surface area is 221 Å². The summed E-state index contributed by atoms with van der Waals surface area (Å²) in [6.45, 7) is 2.87. The summed E-state index contributed by atoms with van der Waals surface area (Å²) in [6, 6.07) is 18.5. The van der Waals surface area contributed by atoms with Gasteiger partial charge in [-0.25, -0.2) is 14.2 Å². The van der Waals surface area contributed by atoms with Gasteiger partial charge in [-0.2, -0.15) is 18.2 Å². The Balaban J connectivity index is 1.54. The Bertz CT molecular complexity index is 1520. The highest BCUT2D eigenvalue weighted by Gasteiger charge is 2.36. The second-order valence-electron chi connectivity index (χ2n) is 8.86. The second-order valence-corrected chi connectivity index (χ2v) is 12.0. The molecule has 202 valence electrons. The molecule has 0 fully saturated rings. The smallest absolute Gasteiger partial charge is 0.421 e. The summed E-state index contributed by atoms with van der Waals surface area (Å²) in [4.78, 5) is 20.1. The van der Waals surface area contributed by atoms with Crippen molar-refractivity contribution in [2.75, 3.05) is 24.0 Å². The minimum absolute atomic E-state index is 0.0262. The fourth-order valence-electron chi connectivity index (χ4n) is 3.55. The molecule has 0 aliphatic rings. The maximum atomic E-state index is 13.8. The molecule has 0 aliphatic carbocycles. The number of rotatable bonds is 8. The highest BCUT2D eigenvalue weighted by Crippen LogP contribution is 2.40. The lowest BCUT2D eigenvalue weighted by Gasteiger charge is -2.18. The predicted octanol–water partition coefficient (Wildman–Crippen LogP) is 6.73. The SMILES string of the molecule is CP(C)(=O)c1cc(F)ccc1Nc1nc(Nc2ccc(C(=O)OCc3ccccc3)cc2)ncc1C(F)(F)F. The molecule has 7 nitrogen and oxygen atoms in total. The normalized spacial score (nSPS) is 11.6. The number of ether oxygens (including phenoxy) is 1. The van der Waals surface area contributed by atoms with Gasteiger partial charge in [0.25, 0.3) is 0 Å². The van der Waals surface area contributed by atoms with Crippen LogP contribution in [0.4, 0.5) is 40.7 Å². The zero-order valence-corrected chi connectivity index (χ0v) is 21.7. The number of benzene rings is 3.